The van der Waals surface area contributed by atoms with Crippen molar-refractivity contribution < 1.29 is 4.79 Å². The zero-order chi connectivity index (χ0) is 18.1. The van der Waals surface area contributed by atoms with Crippen LogP contribution in [0.3, 0.4) is 0 Å². The van der Waals surface area contributed by atoms with E-state index >= 15 is 0 Å². The van der Waals surface area contributed by atoms with Gasteiger partial charge in [-0.05, 0) is 23.8 Å². The first kappa shape index (κ1) is 16.8. The normalized spacial score (nSPS) is 11.1. The zero-order valence-electron chi connectivity index (χ0n) is 13.6. The Morgan fingerprint density at radius 2 is 1.92 bits per heavy atom. The van der Waals surface area contributed by atoms with E-state index in [1.54, 1.807) is 12.1 Å². The van der Waals surface area contributed by atoms with Crippen LogP contribution in [0.4, 0.5) is 0 Å². The van der Waals surface area contributed by atoms with Gasteiger partial charge in [0.05, 0.1) is 11.8 Å². The van der Waals surface area contributed by atoms with Crippen LogP contribution in [0.25, 0.3) is 20.3 Å². The van der Waals surface area contributed by atoms with Gasteiger partial charge in [-0.2, -0.15) is 0 Å². The van der Waals surface area contributed by atoms with Crippen LogP contribution in [-0.4, -0.2) is 15.5 Å². The molecular weight excluding hydrogens is 370 g/mol. The summed E-state index contributed by atoms with van der Waals surface area (Å²) in [4.78, 5) is 29.3. The summed E-state index contributed by atoms with van der Waals surface area (Å²) >= 11 is 7.25. The average molecular weight is 384 g/mol. The van der Waals surface area contributed by atoms with Gasteiger partial charge in [0.25, 0.3) is 5.56 Å². The summed E-state index contributed by atoms with van der Waals surface area (Å²) in [5.74, 6) is -0.246. The molecule has 2 aromatic carbocycles. The number of nitrogens with zero attached hydrogens (tertiary/aromatic N) is 2. The van der Waals surface area contributed by atoms with Crippen LogP contribution in [-0.2, 0) is 17.9 Å². The highest BCUT2D eigenvalue weighted by molar-refractivity contribution is 7.25. The summed E-state index contributed by atoms with van der Waals surface area (Å²) in [6, 6.07) is 15.0. The van der Waals surface area contributed by atoms with Crippen molar-refractivity contribution in [3.63, 3.8) is 0 Å². The van der Waals surface area contributed by atoms with Gasteiger partial charge in [-0.15, -0.1) is 11.3 Å². The molecule has 26 heavy (non-hydrogen) atoms. The van der Waals surface area contributed by atoms with E-state index in [0.29, 0.717) is 21.8 Å². The minimum Gasteiger partial charge on any atom is -0.350 e. The van der Waals surface area contributed by atoms with Gasteiger partial charge in [-0.3, -0.25) is 14.2 Å². The first-order chi connectivity index (χ1) is 12.6. The van der Waals surface area contributed by atoms with Crippen LogP contribution < -0.4 is 10.9 Å². The molecule has 4 aromatic rings. The summed E-state index contributed by atoms with van der Waals surface area (Å²) in [6.07, 6.45) is 1.44. The van der Waals surface area contributed by atoms with Crippen molar-refractivity contribution in [2.45, 2.75) is 13.1 Å². The number of amides is 1. The van der Waals surface area contributed by atoms with E-state index in [9.17, 15) is 9.59 Å². The Balaban J connectivity index is 1.54. The highest BCUT2D eigenvalue weighted by Crippen LogP contribution is 2.29. The number of thiophene rings is 1. The molecule has 130 valence electrons. The molecule has 0 fully saturated rings. The number of benzene rings is 2. The molecule has 2 heterocycles. The van der Waals surface area contributed by atoms with E-state index in [1.165, 1.54) is 22.2 Å². The summed E-state index contributed by atoms with van der Waals surface area (Å²) < 4.78 is 2.92. The summed E-state index contributed by atoms with van der Waals surface area (Å²) in [6.45, 7) is 0.312. The van der Waals surface area contributed by atoms with E-state index in [1.807, 2.05) is 36.4 Å². The van der Waals surface area contributed by atoms with Crippen molar-refractivity contribution in [2.75, 3.05) is 0 Å². The summed E-state index contributed by atoms with van der Waals surface area (Å²) in [5.41, 5.74) is 1.43. The Labute approximate surface area is 157 Å². The molecule has 0 radical (unpaired) electrons. The number of nitrogens with one attached hydrogen (secondary N) is 1. The van der Waals surface area contributed by atoms with Crippen LogP contribution in [0.5, 0.6) is 0 Å². The van der Waals surface area contributed by atoms with E-state index in [0.717, 1.165) is 15.6 Å². The van der Waals surface area contributed by atoms with Crippen molar-refractivity contribution >= 4 is 49.1 Å². The fourth-order valence-electron chi connectivity index (χ4n) is 2.74. The Hall–Kier alpha value is -2.70. The Morgan fingerprint density at radius 1 is 1.15 bits per heavy atom. The van der Waals surface area contributed by atoms with Gasteiger partial charge in [-0.1, -0.05) is 41.9 Å². The number of fused-ring (bicyclic) bond motifs is 3. The van der Waals surface area contributed by atoms with Gasteiger partial charge >= 0.3 is 0 Å². The first-order valence-electron chi connectivity index (χ1n) is 7.99. The number of hydrogen-bond acceptors (Lipinski definition) is 4. The number of halogens is 1. The second-order valence-corrected chi connectivity index (χ2v) is 7.35. The largest absolute Gasteiger partial charge is 0.350 e. The molecule has 7 heteroatoms. The topological polar surface area (TPSA) is 64.0 Å². The lowest BCUT2D eigenvalue weighted by Gasteiger charge is -2.07. The van der Waals surface area contributed by atoms with Gasteiger partial charge in [-0.25, -0.2) is 4.98 Å². The number of rotatable bonds is 4. The van der Waals surface area contributed by atoms with Crippen LogP contribution in [0.15, 0.2) is 59.7 Å². The maximum atomic E-state index is 12.7. The predicted molar refractivity (Wildman–Crippen MR) is 105 cm³/mol. The first-order valence-corrected chi connectivity index (χ1v) is 9.19. The number of hydrogen-bond donors (Lipinski definition) is 1. The third kappa shape index (κ3) is 3.21. The van der Waals surface area contributed by atoms with E-state index in [2.05, 4.69) is 10.3 Å². The van der Waals surface area contributed by atoms with Crippen LogP contribution in [0.2, 0.25) is 5.02 Å². The molecule has 2 aromatic heterocycles. The van der Waals surface area contributed by atoms with Crippen molar-refractivity contribution in [1.29, 1.82) is 0 Å². The average Bonchev–Trinajstić information content (AvgIpc) is 3.03. The van der Waals surface area contributed by atoms with Crippen LogP contribution in [0, 0.1) is 0 Å². The number of carbonyl (C=O) groups is 1. The fourth-order valence-corrected chi connectivity index (χ4v) is 3.97. The van der Waals surface area contributed by atoms with Crippen molar-refractivity contribution in [2.24, 2.45) is 0 Å². The van der Waals surface area contributed by atoms with Crippen LogP contribution in [0.1, 0.15) is 5.56 Å². The number of aromatic nitrogens is 2. The standard InChI is InChI=1S/C19H14ClN3O2S/c20-13-7-5-12(6-8-13)9-21-16(24)10-23-11-22-17-14-3-1-2-4-15(14)26-18(17)19(23)25/h1-8,11H,9-10H2,(H,21,24). The Bertz CT molecular complexity index is 1170. The third-order valence-electron chi connectivity index (χ3n) is 4.07. The zero-order valence-corrected chi connectivity index (χ0v) is 15.2. The molecule has 0 atom stereocenters. The summed E-state index contributed by atoms with van der Waals surface area (Å²) in [5, 5.41) is 4.41. The molecule has 0 bridgehead atoms. The van der Waals surface area contributed by atoms with Gasteiger partial charge in [0.15, 0.2) is 0 Å². The van der Waals surface area contributed by atoms with Gasteiger partial charge in [0.2, 0.25) is 5.91 Å². The lowest BCUT2D eigenvalue weighted by molar-refractivity contribution is -0.121. The molecule has 4 rings (SSSR count). The second-order valence-electron chi connectivity index (χ2n) is 5.86. The monoisotopic (exact) mass is 383 g/mol. The van der Waals surface area contributed by atoms with Gasteiger partial charge in [0.1, 0.15) is 11.2 Å². The highest BCUT2D eigenvalue weighted by Gasteiger charge is 2.12. The molecule has 1 amide bonds. The minimum absolute atomic E-state index is 0.0659. The fraction of sp³-hybridized carbons (Fsp3) is 0.105. The molecule has 0 aliphatic heterocycles. The summed E-state index contributed by atoms with van der Waals surface area (Å²) in [7, 11) is 0. The molecule has 1 N–H and O–H groups in total. The third-order valence-corrected chi connectivity index (χ3v) is 5.47. The quantitative estimate of drug-likeness (QED) is 0.585. The molecule has 0 aliphatic rings. The predicted octanol–water partition coefficient (Wildman–Crippen LogP) is 3.58. The van der Waals surface area contributed by atoms with E-state index in [-0.39, 0.29) is 18.0 Å². The smallest absolute Gasteiger partial charge is 0.271 e. The van der Waals surface area contributed by atoms with Crippen LogP contribution >= 0.6 is 22.9 Å². The maximum Gasteiger partial charge on any atom is 0.271 e. The van der Waals surface area contributed by atoms with Crippen molar-refractivity contribution in [3.05, 3.63) is 75.8 Å². The van der Waals surface area contributed by atoms with Gasteiger partial charge < -0.3 is 5.32 Å². The molecule has 5 nitrogen and oxygen atoms in total. The number of carbonyl (C=O) groups excluding carboxylic acids is 1. The molecule has 0 aliphatic carbocycles. The molecule has 0 saturated carbocycles. The van der Waals surface area contributed by atoms with E-state index < -0.39 is 0 Å². The van der Waals surface area contributed by atoms with Gasteiger partial charge in [0, 0.05) is 21.7 Å². The minimum atomic E-state index is -0.246. The lowest BCUT2D eigenvalue weighted by atomic mass is 10.2. The van der Waals surface area contributed by atoms with Crippen molar-refractivity contribution in [1.82, 2.24) is 14.9 Å². The second kappa shape index (κ2) is 6.90. The Morgan fingerprint density at radius 3 is 2.73 bits per heavy atom. The molecule has 0 spiro atoms. The molecule has 0 unspecified atom stereocenters. The molecular formula is C19H14ClN3O2S. The lowest BCUT2D eigenvalue weighted by Crippen LogP contribution is -2.31. The SMILES string of the molecule is O=C(Cn1cnc2c(sc3ccccc32)c1=O)NCc1ccc(Cl)cc1. The molecule has 0 saturated heterocycles. The van der Waals surface area contributed by atoms with E-state index in [4.69, 9.17) is 11.6 Å². The van der Waals surface area contributed by atoms with Crippen molar-refractivity contribution in [3.8, 4) is 0 Å². The Kier molecular flexibility index (Phi) is 4.44. The highest BCUT2D eigenvalue weighted by atomic mass is 35.5. The maximum absolute atomic E-state index is 12.7.